The van der Waals surface area contributed by atoms with Gasteiger partial charge in [0.2, 0.25) is 0 Å². The zero-order valence-corrected chi connectivity index (χ0v) is 9.68. The molecule has 0 spiro atoms. The van der Waals surface area contributed by atoms with E-state index in [1.54, 1.807) is 20.4 Å². The normalized spacial score (nSPS) is 10.0. The van der Waals surface area contributed by atoms with E-state index in [0.29, 0.717) is 23.0 Å². The van der Waals surface area contributed by atoms with Crippen LogP contribution >= 0.6 is 0 Å². The Kier molecular flexibility index (Phi) is 3.09. The molecule has 0 aliphatic rings. The Morgan fingerprint density at radius 2 is 1.71 bits per heavy atom. The molecule has 0 unspecified atom stereocenters. The lowest BCUT2D eigenvalue weighted by Gasteiger charge is -2.12. The van der Waals surface area contributed by atoms with Crippen molar-refractivity contribution in [2.45, 2.75) is 0 Å². The molecule has 0 bridgehead atoms. The van der Waals surface area contributed by atoms with Crippen LogP contribution in [0.3, 0.4) is 0 Å². The van der Waals surface area contributed by atoms with Crippen molar-refractivity contribution in [1.82, 2.24) is 9.97 Å². The number of nitrogen functional groups attached to an aromatic ring is 1. The van der Waals surface area contributed by atoms with Crippen molar-refractivity contribution in [2.75, 3.05) is 20.0 Å². The van der Waals surface area contributed by atoms with Gasteiger partial charge in [-0.25, -0.2) is 4.98 Å². The van der Waals surface area contributed by atoms with Crippen LogP contribution in [0.15, 0.2) is 30.6 Å². The number of ether oxygens (including phenoxy) is 2. The average molecular weight is 231 g/mol. The minimum absolute atomic E-state index is 0.357. The number of nitrogens with two attached hydrogens (primary N) is 1. The third kappa shape index (κ3) is 2.13. The molecule has 0 aliphatic carbocycles. The summed E-state index contributed by atoms with van der Waals surface area (Å²) in [6, 6.07) is 5.52. The number of benzene rings is 1. The van der Waals surface area contributed by atoms with Gasteiger partial charge in [0.1, 0.15) is 17.3 Å². The van der Waals surface area contributed by atoms with Crippen LogP contribution in [0, 0.1) is 0 Å². The molecular weight excluding hydrogens is 218 g/mol. The van der Waals surface area contributed by atoms with Crippen molar-refractivity contribution in [3.05, 3.63) is 30.6 Å². The second-order valence-corrected chi connectivity index (χ2v) is 3.37. The number of rotatable bonds is 3. The predicted molar refractivity (Wildman–Crippen MR) is 65.0 cm³/mol. The molecule has 5 heteroatoms. The summed E-state index contributed by atoms with van der Waals surface area (Å²) in [5.41, 5.74) is 7.00. The van der Waals surface area contributed by atoms with Gasteiger partial charge in [-0.15, -0.1) is 0 Å². The molecule has 0 atom stereocenters. The van der Waals surface area contributed by atoms with E-state index in [1.807, 2.05) is 18.2 Å². The first-order valence-electron chi connectivity index (χ1n) is 5.05. The third-order valence-corrected chi connectivity index (χ3v) is 2.34. The Morgan fingerprint density at radius 3 is 2.24 bits per heavy atom. The summed E-state index contributed by atoms with van der Waals surface area (Å²) in [5, 5.41) is 0. The van der Waals surface area contributed by atoms with Crippen molar-refractivity contribution in [3.8, 4) is 22.8 Å². The maximum Gasteiger partial charge on any atom is 0.142 e. The largest absolute Gasteiger partial charge is 0.496 e. The first kappa shape index (κ1) is 11.2. The maximum absolute atomic E-state index is 5.62. The minimum atomic E-state index is 0.357. The molecule has 1 aromatic heterocycles. The zero-order chi connectivity index (χ0) is 12.3. The molecule has 2 aromatic rings. The standard InChI is InChI=1S/C12H13N3O2/c1-16-9-4-3-5-10(17-2)12(9)8-6-14-7-11(13)15-8/h3-7H,1-2H3,(H2,13,15). The second kappa shape index (κ2) is 4.69. The smallest absolute Gasteiger partial charge is 0.142 e. The van der Waals surface area contributed by atoms with Crippen LogP contribution in [0.2, 0.25) is 0 Å². The van der Waals surface area contributed by atoms with Crippen LogP contribution in [-0.4, -0.2) is 24.2 Å². The van der Waals surface area contributed by atoms with E-state index in [2.05, 4.69) is 9.97 Å². The van der Waals surface area contributed by atoms with E-state index in [1.165, 1.54) is 6.20 Å². The van der Waals surface area contributed by atoms with Gasteiger partial charge in [0.15, 0.2) is 0 Å². The SMILES string of the molecule is COc1cccc(OC)c1-c1cncc(N)n1. The van der Waals surface area contributed by atoms with Gasteiger partial charge in [-0.1, -0.05) is 6.07 Å². The van der Waals surface area contributed by atoms with E-state index in [9.17, 15) is 0 Å². The van der Waals surface area contributed by atoms with E-state index >= 15 is 0 Å². The monoisotopic (exact) mass is 231 g/mol. The topological polar surface area (TPSA) is 70.3 Å². The first-order valence-corrected chi connectivity index (χ1v) is 5.05. The van der Waals surface area contributed by atoms with Crippen LogP contribution in [0.4, 0.5) is 5.82 Å². The maximum atomic E-state index is 5.62. The van der Waals surface area contributed by atoms with Crippen LogP contribution in [0.1, 0.15) is 0 Å². The molecule has 0 fully saturated rings. The van der Waals surface area contributed by atoms with E-state index < -0.39 is 0 Å². The van der Waals surface area contributed by atoms with Gasteiger partial charge in [-0.2, -0.15) is 0 Å². The lowest BCUT2D eigenvalue weighted by molar-refractivity contribution is 0.397. The van der Waals surface area contributed by atoms with Crippen LogP contribution in [0.5, 0.6) is 11.5 Å². The molecule has 0 saturated carbocycles. The van der Waals surface area contributed by atoms with Gasteiger partial charge < -0.3 is 15.2 Å². The highest BCUT2D eigenvalue weighted by Crippen LogP contribution is 2.36. The molecule has 17 heavy (non-hydrogen) atoms. The first-order chi connectivity index (χ1) is 8.26. The summed E-state index contributed by atoms with van der Waals surface area (Å²) >= 11 is 0. The Balaban J connectivity index is 2.64. The summed E-state index contributed by atoms with van der Waals surface area (Å²) in [4.78, 5) is 8.23. The van der Waals surface area contributed by atoms with E-state index in [0.717, 1.165) is 5.56 Å². The molecule has 2 N–H and O–H groups in total. The molecule has 0 aliphatic heterocycles. The van der Waals surface area contributed by atoms with Gasteiger partial charge in [0.05, 0.1) is 37.9 Å². The zero-order valence-electron chi connectivity index (χ0n) is 9.68. The summed E-state index contributed by atoms with van der Waals surface area (Å²) in [5.74, 6) is 1.70. The van der Waals surface area contributed by atoms with Crippen LogP contribution < -0.4 is 15.2 Å². The molecular formula is C12H13N3O2. The summed E-state index contributed by atoms with van der Waals surface area (Å²) in [6.45, 7) is 0. The molecule has 0 amide bonds. The molecule has 2 rings (SSSR count). The van der Waals surface area contributed by atoms with E-state index in [4.69, 9.17) is 15.2 Å². The number of nitrogens with zero attached hydrogens (tertiary/aromatic N) is 2. The highest BCUT2D eigenvalue weighted by molar-refractivity contribution is 5.74. The van der Waals surface area contributed by atoms with Crippen molar-refractivity contribution in [3.63, 3.8) is 0 Å². The Labute approximate surface area is 99.2 Å². The Bertz CT molecular complexity index is 507. The van der Waals surface area contributed by atoms with Crippen molar-refractivity contribution in [1.29, 1.82) is 0 Å². The Morgan fingerprint density at radius 1 is 1.06 bits per heavy atom. The second-order valence-electron chi connectivity index (χ2n) is 3.37. The third-order valence-electron chi connectivity index (χ3n) is 2.34. The number of methoxy groups -OCH3 is 2. The number of hydrogen-bond acceptors (Lipinski definition) is 5. The van der Waals surface area contributed by atoms with Gasteiger partial charge >= 0.3 is 0 Å². The number of anilines is 1. The lowest BCUT2D eigenvalue weighted by Crippen LogP contribution is -1.97. The van der Waals surface area contributed by atoms with Crippen molar-refractivity contribution in [2.24, 2.45) is 0 Å². The minimum Gasteiger partial charge on any atom is -0.496 e. The number of hydrogen-bond donors (Lipinski definition) is 1. The summed E-state index contributed by atoms with van der Waals surface area (Å²) in [6.07, 6.45) is 3.11. The van der Waals surface area contributed by atoms with Crippen LogP contribution in [-0.2, 0) is 0 Å². The molecule has 1 heterocycles. The van der Waals surface area contributed by atoms with Crippen molar-refractivity contribution >= 4 is 5.82 Å². The van der Waals surface area contributed by atoms with Gasteiger partial charge in [0, 0.05) is 0 Å². The van der Waals surface area contributed by atoms with Crippen molar-refractivity contribution < 1.29 is 9.47 Å². The molecule has 1 aromatic carbocycles. The lowest BCUT2D eigenvalue weighted by atomic mass is 10.1. The highest BCUT2D eigenvalue weighted by atomic mass is 16.5. The average Bonchev–Trinajstić information content (AvgIpc) is 2.37. The van der Waals surface area contributed by atoms with E-state index in [-0.39, 0.29) is 0 Å². The molecule has 0 radical (unpaired) electrons. The fourth-order valence-corrected chi connectivity index (χ4v) is 1.61. The molecule has 5 nitrogen and oxygen atoms in total. The number of aromatic nitrogens is 2. The van der Waals surface area contributed by atoms with Gasteiger partial charge in [-0.3, -0.25) is 4.98 Å². The molecule has 88 valence electrons. The highest BCUT2D eigenvalue weighted by Gasteiger charge is 2.13. The van der Waals surface area contributed by atoms with Crippen LogP contribution in [0.25, 0.3) is 11.3 Å². The molecule has 0 saturated heterocycles. The predicted octanol–water partition coefficient (Wildman–Crippen LogP) is 1.74. The Hall–Kier alpha value is -2.30. The fourth-order valence-electron chi connectivity index (χ4n) is 1.61. The summed E-state index contributed by atoms with van der Waals surface area (Å²) in [7, 11) is 3.19. The fraction of sp³-hybridized carbons (Fsp3) is 0.167. The van der Waals surface area contributed by atoms with Gasteiger partial charge in [-0.05, 0) is 12.1 Å². The quantitative estimate of drug-likeness (QED) is 0.871. The summed E-state index contributed by atoms with van der Waals surface area (Å²) < 4.78 is 10.6. The van der Waals surface area contributed by atoms with Gasteiger partial charge in [0.25, 0.3) is 0 Å².